The summed E-state index contributed by atoms with van der Waals surface area (Å²) in [6, 6.07) is 10.0. The van der Waals surface area contributed by atoms with E-state index in [0.29, 0.717) is 24.3 Å². The summed E-state index contributed by atoms with van der Waals surface area (Å²) in [6.07, 6.45) is 1.61. The summed E-state index contributed by atoms with van der Waals surface area (Å²) in [5, 5.41) is 10.5. The summed E-state index contributed by atoms with van der Waals surface area (Å²) in [7, 11) is 4.03. The Hall–Kier alpha value is -2.49. The van der Waals surface area contributed by atoms with Crippen LogP contribution in [0.5, 0.6) is 0 Å². The van der Waals surface area contributed by atoms with Crippen LogP contribution in [0.1, 0.15) is 26.5 Å². The van der Waals surface area contributed by atoms with Crippen LogP contribution in [0.4, 0.5) is 17.3 Å². The summed E-state index contributed by atoms with van der Waals surface area (Å²) in [6.45, 7) is 7.47. The lowest BCUT2D eigenvalue weighted by molar-refractivity contribution is 0.0689. The summed E-state index contributed by atoms with van der Waals surface area (Å²) in [5.41, 5.74) is 3.03. The number of nitrogens with zero attached hydrogens (tertiary/aromatic N) is 3. The van der Waals surface area contributed by atoms with Crippen LogP contribution in [0.25, 0.3) is 0 Å². The van der Waals surface area contributed by atoms with Crippen molar-refractivity contribution in [3.8, 4) is 0 Å². The molecule has 0 aliphatic carbocycles. The first-order valence-corrected chi connectivity index (χ1v) is 11.3. The average molecular weight is 457 g/mol. The number of rotatable bonds is 5. The predicted octanol–water partition coefficient (Wildman–Crippen LogP) is 2.77. The molecule has 3 heterocycles. The van der Waals surface area contributed by atoms with Crippen LogP contribution in [0.15, 0.2) is 36.5 Å². The molecule has 0 amide bonds. The molecule has 0 bridgehead atoms. The third-order valence-corrected chi connectivity index (χ3v) is 5.97. The number of anilines is 3. The van der Waals surface area contributed by atoms with Crippen LogP contribution in [-0.2, 0) is 14.9 Å². The molecule has 2 aliphatic rings. The normalized spacial score (nSPS) is 24.7. The second-order valence-electron chi connectivity index (χ2n) is 9.51. The van der Waals surface area contributed by atoms with Crippen molar-refractivity contribution in [3.63, 3.8) is 0 Å². The second kappa shape index (κ2) is 9.17. The molecule has 8 nitrogen and oxygen atoms in total. The highest BCUT2D eigenvalue weighted by molar-refractivity contribution is 7.80. The van der Waals surface area contributed by atoms with Crippen molar-refractivity contribution in [1.29, 1.82) is 0 Å². The first kappa shape index (κ1) is 22.7. The highest BCUT2D eigenvalue weighted by Crippen LogP contribution is 2.29. The SMILES string of the molecule is CN(C)c1ccc(NC(=S)NC2COC3C(Nc4nccc(C(C)(C)C)n4)COC23)cc1. The van der Waals surface area contributed by atoms with Gasteiger partial charge >= 0.3 is 0 Å². The third-order valence-electron chi connectivity index (χ3n) is 5.75. The van der Waals surface area contributed by atoms with Crippen molar-refractivity contribution in [1.82, 2.24) is 15.3 Å². The van der Waals surface area contributed by atoms with E-state index in [2.05, 4.69) is 51.6 Å². The minimum atomic E-state index is -0.0887. The van der Waals surface area contributed by atoms with Gasteiger partial charge in [-0.15, -0.1) is 0 Å². The van der Waals surface area contributed by atoms with E-state index in [0.717, 1.165) is 17.1 Å². The van der Waals surface area contributed by atoms with E-state index in [9.17, 15) is 0 Å². The lowest BCUT2D eigenvalue weighted by Crippen LogP contribution is -2.46. The topological polar surface area (TPSA) is 83.6 Å². The van der Waals surface area contributed by atoms with Crippen LogP contribution in [0.3, 0.4) is 0 Å². The molecule has 4 unspecified atom stereocenters. The van der Waals surface area contributed by atoms with Crippen molar-refractivity contribution in [2.24, 2.45) is 0 Å². The Balaban J connectivity index is 1.32. The van der Waals surface area contributed by atoms with E-state index in [1.165, 1.54) is 0 Å². The molecule has 1 aromatic carbocycles. The highest BCUT2D eigenvalue weighted by Gasteiger charge is 2.48. The van der Waals surface area contributed by atoms with E-state index in [1.54, 1.807) is 6.20 Å². The van der Waals surface area contributed by atoms with Gasteiger partial charge in [-0.1, -0.05) is 20.8 Å². The molecular weight excluding hydrogens is 424 g/mol. The molecule has 2 aromatic rings. The Kier molecular flexibility index (Phi) is 6.50. The first-order valence-electron chi connectivity index (χ1n) is 10.9. The Bertz CT molecular complexity index is 946. The van der Waals surface area contributed by atoms with Gasteiger partial charge in [-0.2, -0.15) is 0 Å². The Morgan fingerprint density at radius 1 is 1.03 bits per heavy atom. The molecule has 4 rings (SSSR count). The lowest BCUT2D eigenvalue weighted by Gasteiger charge is -2.21. The van der Waals surface area contributed by atoms with E-state index in [1.807, 2.05) is 44.4 Å². The molecule has 0 saturated carbocycles. The van der Waals surface area contributed by atoms with Gasteiger partial charge in [0.1, 0.15) is 12.2 Å². The number of fused-ring (bicyclic) bond motifs is 1. The van der Waals surface area contributed by atoms with Gasteiger partial charge in [-0.05, 0) is 42.5 Å². The van der Waals surface area contributed by atoms with Gasteiger partial charge < -0.3 is 30.3 Å². The fourth-order valence-corrected chi connectivity index (χ4v) is 4.21. The molecule has 32 heavy (non-hydrogen) atoms. The summed E-state index contributed by atoms with van der Waals surface area (Å²) >= 11 is 5.52. The maximum absolute atomic E-state index is 6.07. The number of ether oxygens (including phenoxy) is 2. The molecule has 0 radical (unpaired) electrons. The monoisotopic (exact) mass is 456 g/mol. The van der Waals surface area contributed by atoms with Gasteiger partial charge in [-0.25, -0.2) is 9.97 Å². The zero-order chi connectivity index (χ0) is 22.9. The average Bonchev–Trinajstić information content (AvgIpc) is 3.31. The number of hydrogen-bond donors (Lipinski definition) is 3. The fourth-order valence-electron chi connectivity index (χ4n) is 3.94. The molecule has 172 valence electrons. The van der Waals surface area contributed by atoms with Crippen molar-refractivity contribution in [2.45, 2.75) is 50.5 Å². The third kappa shape index (κ3) is 5.11. The molecule has 0 spiro atoms. The Morgan fingerprint density at radius 3 is 2.34 bits per heavy atom. The quantitative estimate of drug-likeness (QED) is 0.588. The van der Waals surface area contributed by atoms with E-state index in [-0.39, 0.29) is 29.7 Å². The molecule has 2 saturated heterocycles. The zero-order valence-corrected chi connectivity index (χ0v) is 20.1. The van der Waals surface area contributed by atoms with Crippen LogP contribution in [0.2, 0.25) is 0 Å². The highest BCUT2D eigenvalue weighted by atomic mass is 32.1. The summed E-state index contributed by atoms with van der Waals surface area (Å²) < 4.78 is 12.1. The van der Waals surface area contributed by atoms with Gasteiger partial charge in [0.2, 0.25) is 5.95 Å². The molecule has 3 N–H and O–H groups in total. The minimum Gasteiger partial charge on any atom is -0.378 e. The summed E-state index contributed by atoms with van der Waals surface area (Å²) in [5.74, 6) is 0.602. The van der Waals surface area contributed by atoms with Crippen molar-refractivity contribution >= 4 is 34.7 Å². The largest absolute Gasteiger partial charge is 0.378 e. The number of benzene rings is 1. The van der Waals surface area contributed by atoms with Gasteiger partial charge in [0, 0.05) is 37.1 Å². The van der Waals surface area contributed by atoms with Crippen LogP contribution in [0, 0.1) is 0 Å². The number of thiocarbonyl (C=S) groups is 1. The second-order valence-corrected chi connectivity index (χ2v) is 9.92. The smallest absolute Gasteiger partial charge is 0.223 e. The molecule has 4 atom stereocenters. The zero-order valence-electron chi connectivity index (χ0n) is 19.3. The first-order chi connectivity index (χ1) is 15.2. The van der Waals surface area contributed by atoms with Gasteiger partial charge in [-0.3, -0.25) is 0 Å². The number of aromatic nitrogens is 2. The Labute approximate surface area is 195 Å². The standard InChI is InChI=1S/C23H32N6O2S/c1-23(2,3)18-10-11-24-21(28-18)26-16-12-30-20-17(13-31-19(16)20)27-22(32)25-14-6-8-15(9-7-14)29(4)5/h6-11,16-17,19-20H,12-13H2,1-5H3,(H,24,26,28)(H2,25,27,32). The maximum atomic E-state index is 6.07. The van der Waals surface area contributed by atoms with Crippen molar-refractivity contribution in [3.05, 3.63) is 42.2 Å². The van der Waals surface area contributed by atoms with Crippen LogP contribution < -0.4 is 20.9 Å². The molecule has 1 aromatic heterocycles. The van der Waals surface area contributed by atoms with Crippen molar-refractivity contribution in [2.75, 3.05) is 42.8 Å². The minimum absolute atomic E-state index is 0.0119. The molecule has 2 aliphatic heterocycles. The Morgan fingerprint density at radius 2 is 1.69 bits per heavy atom. The van der Waals surface area contributed by atoms with Gasteiger partial charge in [0.15, 0.2) is 5.11 Å². The van der Waals surface area contributed by atoms with Gasteiger partial charge in [0.05, 0.1) is 31.0 Å². The number of hydrogen-bond acceptors (Lipinski definition) is 7. The van der Waals surface area contributed by atoms with Gasteiger partial charge in [0.25, 0.3) is 0 Å². The predicted molar refractivity (Wildman–Crippen MR) is 132 cm³/mol. The number of nitrogens with one attached hydrogen (secondary N) is 3. The van der Waals surface area contributed by atoms with E-state index >= 15 is 0 Å². The molecule has 9 heteroatoms. The van der Waals surface area contributed by atoms with Crippen LogP contribution >= 0.6 is 12.2 Å². The maximum Gasteiger partial charge on any atom is 0.223 e. The van der Waals surface area contributed by atoms with Crippen molar-refractivity contribution < 1.29 is 9.47 Å². The summed E-state index contributed by atoms with van der Waals surface area (Å²) in [4.78, 5) is 11.1. The van der Waals surface area contributed by atoms with E-state index in [4.69, 9.17) is 21.7 Å². The lowest BCUT2D eigenvalue weighted by atomic mass is 9.92. The molecule has 2 fully saturated rings. The van der Waals surface area contributed by atoms with Crippen LogP contribution in [-0.4, -0.2) is 66.7 Å². The molecular formula is C23H32N6O2S. The fraction of sp³-hybridized carbons (Fsp3) is 0.522. The van der Waals surface area contributed by atoms with E-state index < -0.39 is 0 Å².